The first-order valence-corrected chi connectivity index (χ1v) is 12.5. The van der Waals surface area contributed by atoms with Gasteiger partial charge in [0, 0.05) is 24.8 Å². The predicted octanol–water partition coefficient (Wildman–Crippen LogP) is 6.06. The highest BCUT2D eigenvalue weighted by atomic mass is 16.2. The summed E-state index contributed by atoms with van der Waals surface area (Å²) in [4.78, 5) is 23.6. The molecule has 0 radical (unpaired) electrons. The summed E-state index contributed by atoms with van der Waals surface area (Å²) in [6.45, 7) is 3.22. The molecule has 0 aromatic heterocycles. The summed E-state index contributed by atoms with van der Waals surface area (Å²) in [6, 6.07) is 7.16. The zero-order chi connectivity index (χ0) is 22.6. The molecule has 0 heterocycles. The molecule has 0 saturated heterocycles. The van der Waals surface area contributed by atoms with Crippen LogP contribution in [0.15, 0.2) is 24.3 Å². The van der Waals surface area contributed by atoms with Gasteiger partial charge in [-0.1, -0.05) is 96.5 Å². The van der Waals surface area contributed by atoms with Crippen LogP contribution in [0.4, 0.5) is 5.69 Å². The van der Waals surface area contributed by atoms with Crippen LogP contribution in [-0.4, -0.2) is 32.0 Å². The molecule has 2 amide bonds. The maximum Gasteiger partial charge on any atom is 0.251 e. The van der Waals surface area contributed by atoms with Crippen molar-refractivity contribution in [1.82, 2.24) is 10.6 Å². The first-order chi connectivity index (χ1) is 15.2. The Labute approximate surface area is 190 Å². The van der Waals surface area contributed by atoms with Crippen LogP contribution in [0.3, 0.4) is 0 Å². The minimum Gasteiger partial charge on any atom is -0.376 e. The molecule has 0 aliphatic rings. The Balaban J connectivity index is 1.91. The molecule has 0 bridgehead atoms. The summed E-state index contributed by atoms with van der Waals surface area (Å²) in [5.41, 5.74) is 1.35. The summed E-state index contributed by atoms with van der Waals surface area (Å²) in [7, 11) is 1.60. The minimum absolute atomic E-state index is 0.0139. The van der Waals surface area contributed by atoms with Gasteiger partial charge >= 0.3 is 0 Å². The Bertz CT molecular complexity index is 604. The molecule has 1 aromatic carbocycles. The van der Waals surface area contributed by atoms with E-state index in [0.29, 0.717) is 5.56 Å². The third-order valence-electron chi connectivity index (χ3n) is 5.66. The number of anilines is 1. The van der Waals surface area contributed by atoms with Gasteiger partial charge in [-0.15, -0.1) is 0 Å². The second-order valence-electron chi connectivity index (χ2n) is 8.46. The SMILES string of the molecule is CCCCCCCCCCCCCCCCNC(=O)CNc1cccc(C(=O)NC)c1. The van der Waals surface area contributed by atoms with Gasteiger partial charge < -0.3 is 16.0 Å². The number of amides is 2. The van der Waals surface area contributed by atoms with Crippen molar-refractivity contribution < 1.29 is 9.59 Å². The first-order valence-electron chi connectivity index (χ1n) is 12.5. The van der Waals surface area contributed by atoms with Crippen molar-refractivity contribution in [2.75, 3.05) is 25.5 Å². The highest BCUT2D eigenvalue weighted by molar-refractivity contribution is 5.95. The smallest absolute Gasteiger partial charge is 0.251 e. The van der Waals surface area contributed by atoms with Gasteiger partial charge in [-0.2, -0.15) is 0 Å². The predicted molar refractivity (Wildman–Crippen MR) is 132 cm³/mol. The van der Waals surface area contributed by atoms with Gasteiger partial charge in [-0.05, 0) is 24.6 Å². The van der Waals surface area contributed by atoms with Crippen molar-refractivity contribution in [3.63, 3.8) is 0 Å². The average Bonchev–Trinajstić information content (AvgIpc) is 2.79. The molecule has 0 atom stereocenters. The molecule has 5 heteroatoms. The Morgan fingerprint density at radius 2 is 1.32 bits per heavy atom. The standard InChI is InChI=1S/C26H45N3O2/c1-3-4-5-6-7-8-9-10-11-12-13-14-15-16-20-28-25(30)22-29-24-19-17-18-23(21-24)26(31)27-2/h17-19,21,29H,3-16,20,22H2,1-2H3,(H,27,31)(H,28,30). The quantitative estimate of drug-likeness (QED) is 0.233. The number of hydrogen-bond donors (Lipinski definition) is 3. The fourth-order valence-electron chi connectivity index (χ4n) is 3.71. The van der Waals surface area contributed by atoms with E-state index in [2.05, 4.69) is 22.9 Å². The van der Waals surface area contributed by atoms with Crippen LogP contribution in [-0.2, 0) is 4.79 Å². The van der Waals surface area contributed by atoms with Crippen molar-refractivity contribution in [3.8, 4) is 0 Å². The molecule has 1 rings (SSSR count). The fourth-order valence-corrected chi connectivity index (χ4v) is 3.71. The third kappa shape index (κ3) is 14.6. The van der Waals surface area contributed by atoms with Crippen molar-refractivity contribution in [2.45, 2.75) is 96.8 Å². The number of benzene rings is 1. The number of rotatable bonds is 19. The largest absolute Gasteiger partial charge is 0.376 e. The number of carbonyl (C=O) groups excluding carboxylic acids is 2. The lowest BCUT2D eigenvalue weighted by Crippen LogP contribution is -2.30. The second-order valence-corrected chi connectivity index (χ2v) is 8.46. The molecule has 5 nitrogen and oxygen atoms in total. The molecule has 0 spiro atoms. The average molecular weight is 432 g/mol. The molecular formula is C26H45N3O2. The van der Waals surface area contributed by atoms with E-state index in [1.165, 1.54) is 83.5 Å². The highest BCUT2D eigenvalue weighted by Crippen LogP contribution is 2.13. The summed E-state index contributed by atoms with van der Waals surface area (Å²) >= 11 is 0. The Hall–Kier alpha value is -2.04. The van der Waals surface area contributed by atoms with E-state index >= 15 is 0 Å². The van der Waals surface area contributed by atoms with Gasteiger partial charge in [0.1, 0.15) is 0 Å². The van der Waals surface area contributed by atoms with E-state index in [1.54, 1.807) is 25.2 Å². The molecule has 0 aliphatic carbocycles. The van der Waals surface area contributed by atoms with E-state index in [9.17, 15) is 9.59 Å². The first kappa shape index (κ1) is 27.0. The number of hydrogen-bond acceptors (Lipinski definition) is 3. The molecule has 176 valence electrons. The summed E-state index contributed by atoms with van der Waals surface area (Å²) < 4.78 is 0. The van der Waals surface area contributed by atoms with Gasteiger partial charge in [-0.25, -0.2) is 0 Å². The van der Waals surface area contributed by atoms with E-state index in [-0.39, 0.29) is 18.4 Å². The van der Waals surface area contributed by atoms with Crippen molar-refractivity contribution in [3.05, 3.63) is 29.8 Å². The van der Waals surface area contributed by atoms with Gasteiger partial charge in [-0.3, -0.25) is 9.59 Å². The number of unbranched alkanes of at least 4 members (excludes halogenated alkanes) is 13. The lowest BCUT2D eigenvalue weighted by molar-refractivity contribution is -0.119. The molecule has 0 saturated carbocycles. The van der Waals surface area contributed by atoms with E-state index in [4.69, 9.17) is 0 Å². The van der Waals surface area contributed by atoms with Crippen LogP contribution in [0, 0.1) is 0 Å². The lowest BCUT2D eigenvalue weighted by atomic mass is 10.0. The molecule has 1 aromatic rings. The maximum atomic E-state index is 12.0. The Kier molecular flexibility index (Phi) is 16.3. The van der Waals surface area contributed by atoms with Crippen molar-refractivity contribution >= 4 is 17.5 Å². The zero-order valence-corrected chi connectivity index (χ0v) is 19.9. The second kappa shape index (κ2) is 18.7. The third-order valence-corrected chi connectivity index (χ3v) is 5.66. The Morgan fingerprint density at radius 1 is 0.774 bits per heavy atom. The number of nitrogens with one attached hydrogen (secondary N) is 3. The monoisotopic (exact) mass is 431 g/mol. The summed E-state index contributed by atoms with van der Waals surface area (Å²) in [6.07, 6.45) is 18.7. The van der Waals surface area contributed by atoms with Crippen molar-refractivity contribution in [1.29, 1.82) is 0 Å². The molecule has 0 unspecified atom stereocenters. The van der Waals surface area contributed by atoms with Crippen LogP contribution < -0.4 is 16.0 Å². The van der Waals surface area contributed by atoms with Crippen LogP contribution >= 0.6 is 0 Å². The normalized spacial score (nSPS) is 10.6. The summed E-state index contributed by atoms with van der Waals surface area (Å²) in [5.74, 6) is -0.147. The van der Waals surface area contributed by atoms with Gasteiger partial charge in [0.2, 0.25) is 5.91 Å². The van der Waals surface area contributed by atoms with Crippen LogP contribution in [0.1, 0.15) is 107 Å². The topological polar surface area (TPSA) is 70.2 Å². The van der Waals surface area contributed by atoms with Gasteiger partial charge in [0.05, 0.1) is 6.54 Å². The van der Waals surface area contributed by atoms with Gasteiger partial charge in [0.15, 0.2) is 0 Å². The Morgan fingerprint density at radius 3 is 1.87 bits per heavy atom. The highest BCUT2D eigenvalue weighted by Gasteiger charge is 2.05. The van der Waals surface area contributed by atoms with E-state index < -0.39 is 0 Å². The van der Waals surface area contributed by atoms with Gasteiger partial charge in [0.25, 0.3) is 5.91 Å². The maximum absolute atomic E-state index is 12.0. The lowest BCUT2D eigenvalue weighted by Gasteiger charge is -2.09. The number of carbonyl (C=O) groups is 2. The van der Waals surface area contributed by atoms with Crippen LogP contribution in [0.25, 0.3) is 0 Å². The van der Waals surface area contributed by atoms with E-state index in [1.807, 2.05) is 6.07 Å². The summed E-state index contributed by atoms with van der Waals surface area (Å²) in [5, 5.41) is 8.64. The molecular weight excluding hydrogens is 386 g/mol. The van der Waals surface area contributed by atoms with Crippen LogP contribution in [0.5, 0.6) is 0 Å². The van der Waals surface area contributed by atoms with Crippen LogP contribution in [0.2, 0.25) is 0 Å². The molecule has 0 fully saturated rings. The molecule has 3 N–H and O–H groups in total. The van der Waals surface area contributed by atoms with E-state index in [0.717, 1.165) is 18.7 Å². The van der Waals surface area contributed by atoms with Crippen molar-refractivity contribution in [2.24, 2.45) is 0 Å². The fraction of sp³-hybridized carbons (Fsp3) is 0.692. The molecule has 0 aliphatic heterocycles. The minimum atomic E-state index is -0.133. The zero-order valence-electron chi connectivity index (χ0n) is 19.9. The molecule has 31 heavy (non-hydrogen) atoms.